The Morgan fingerprint density at radius 1 is 1.12 bits per heavy atom. The molecule has 2 aromatic carbocycles. The number of carbonyl (C=O) groups excluding carboxylic acids is 1. The van der Waals surface area contributed by atoms with Crippen molar-refractivity contribution in [2.75, 3.05) is 11.1 Å². The summed E-state index contributed by atoms with van der Waals surface area (Å²) in [7, 11) is 0. The highest BCUT2D eigenvalue weighted by atomic mass is 16.1. The molecule has 6 nitrogen and oxygen atoms in total. The Bertz CT molecular complexity index is 1070. The lowest BCUT2D eigenvalue weighted by molar-refractivity contribution is 0.102. The maximum atomic E-state index is 12.6. The molecule has 0 unspecified atom stereocenters. The van der Waals surface area contributed by atoms with Crippen LogP contribution in [0.3, 0.4) is 0 Å². The molecule has 0 spiro atoms. The normalized spacial score (nSPS) is 11.0. The maximum absolute atomic E-state index is 12.6. The van der Waals surface area contributed by atoms with Crippen LogP contribution in [0.15, 0.2) is 54.7 Å². The second-order valence-electron chi connectivity index (χ2n) is 5.61. The number of nitrogens with two attached hydrogens (primary N) is 1. The van der Waals surface area contributed by atoms with E-state index in [1.54, 1.807) is 4.40 Å². The molecule has 0 bridgehead atoms. The van der Waals surface area contributed by atoms with Gasteiger partial charge in [-0.25, -0.2) is 9.97 Å². The Balaban J connectivity index is 1.78. The van der Waals surface area contributed by atoms with Crippen LogP contribution in [0.1, 0.15) is 15.9 Å². The van der Waals surface area contributed by atoms with E-state index in [2.05, 4.69) is 15.3 Å². The van der Waals surface area contributed by atoms with Crippen LogP contribution in [0.5, 0.6) is 0 Å². The molecular weight excluding hydrogens is 302 g/mol. The summed E-state index contributed by atoms with van der Waals surface area (Å²) < 4.78 is 1.69. The predicted octanol–water partition coefficient (Wildman–Crippen LogP) is 3.03. The summed E-state index contributed by atoms with van der Waals surface area (Å²) in [6.45, 7) is 1.99. The van der Waals surface area contributed by atoms with E-state index in [1.165, 1.54) is 6.20 Å². The fraction of sp³-hybridized carbons (Fsp3) is 0.0556. The Morgan fingerprint density at radius 2 is 1.88 bits per heavy atom. The summed E-state index contributed by atoms with van der Waals surface area (Å²) in [6, 6.07) is 15.1. The molecule has 0 saturated carbocycles. The number of para-hydroxylation sites is 2. The minimum absolute atomic E-state index is 0.302. The summed E-state index contributed by atoms with van der Waals surface area (Å²) in [5.41, 5.74) is 9.98. The molecule has 2 aromatic heterocycles. The molecule has 0 saturated heterocycles. The Hall–Kier alpha value is -3.41. The Labute approximate surface area is 138 Å². The van der Waals surface area contributed by atoms with E-state index in [-0.39, 0.29) is 5.91 Å². The second-order valence-corrected chi connectivity index (χ2v) is 5.61. The number of nitrogens with one attached hydrogen (secondary N) is 1. The third-order valence-corrected chi connectivity index (χ3v) is 3.92. The third-order valence-electron chi connectivity index (χ3n) is 3.92. The van der Waals surface area contributed by atoms with Crippen molar-refractivity contribution in [1.29, 1.82) is 0 Å². The zero-order valence-corrected chi connectivity index (χ0v) is 13.0. The van der Waals surface area contributed by atoms with Gasteiger partial charge in [0.15, 0.2) is 0 Å². The molecule has 0 fully saturated rings. The van der Waals surface area contributed by atoms with Crippen LogP contribution < -0.4 is 11.1 Å². The van der Waals surface area contributed by atoms with Crippen molar-refractivity contribution in [2.24, 2.45) is 0 Å². The van der Waals surface area contributed by atoms with Gasteiger partial charge in [-0.2, -0.15) is 0 Å². The average molecular weight is 317 g/mol. The number of nitrogen functional groups attached to an aromatic ring is 1. The summed E-state index contributed by atoms with van der Waals surface area (Å²) in [5.74, 6) is 0.488. The van der Waals surface area contributed by atoms with Gasteiger partial charge in [-0.1, -0.05) is 29.8 Å². The SMILES string of the molecule is Cc1ccc(NC(=O)c2cnc3nc4ccccc4n3c2N)cc1. The number of anilines is 2. The summed E-state index contributed by atoms with van der Waals surface area (Å²) in [6.07, 6.45) is 1.46. The smallest absolute Gasteiger partial charge is 0.260 e. The second kappa shape index (κ2) is 5.34. The topological polar surface area (TPSA) is 85.3 Å². The van der Waals surface area contributed by atoms with E-state index in [1.807, 2.05) is 55.5 Å². The van der Waals surface area contributed by atoms with Crippen molar-refractivity contribution in [2.45, 2.75) is 6.92 Å². The molecule has 4 aromatic rings. The van der Waals surface area contributed by atoms with Gasteiger partial charge in [0.05, 0.1) is 16.6 Å². The lowest BCUT2D eigenvalue weighted by atomic mass is 10.2. The van der Waals surface area contributed by atoms with Crippen molar-refractivity contribution in [3.8, 4) is 0 Å². The van der Waals surface area contributed by atoms with Gasteiger partial charge >= 0.3 is 0 Å². The molecule has 4 rings (SSSR count). The van der Waals surface area contributed by atoms with Gasteiger partial charge in [0.2, 0.25) is 5.78 Å². The molecule has 0 radical (unpaired) electrons. The van der Waals surface area contributed by atoms with Crippen molar-refractivity contribution in [3.63, 3.8) is 0 Å². The van der Waals surface area contributed by atoms with Crippen LogP contribution in [-0.2, 0) is 0 Å². The number of aryl methyl sites for hydroxylation is 1. The van der Waals surface area contributed by atoms with Crippen molar-refractivity contribution in [3.05, 3.63) is 65.9 Å². The van der Waals surface area contributed by atoms with E-state index in [0.29, 0.717) is 22.8 Å². The molecule has 0 atom stereocenters. The number of nitrogens with zero attached hydrogens (tertiary/aromatic N) is 3. The number of imidazole rings is 1. The highest BCUT2D eigenvalue weighted by molar-refractivity contribution is 6.07. The third kappa shape index (κ3) is 2.25. The molecule has 0 aliphatic rings. The quantitative estimate of drug-likeness (QED) is 0.595. The van der Waals surface area contributed by atoms with E-state index < -0.39 is 0 Å². The molecule has 0 aliphatic carbocycles. The van der Waals surface area contributed by atoms with Crippen molar-refractivity contribution >= 4 is 34.2 Å². The zero-order chi connectivity index (χ0) is 16.7. The number of amides is 1. The number of hydrogen-bond acceptors (Lipinski definition) is 4. The molecule has 2 heterocycles. The van der Waals surface area contributed by atoms with Gasteiger partial charge in [0.1, 0.15) is 5.82 Å². The summed E-state index contributed by atoms with van der Waals surface area (Å²) in [4.78, 5) is 21.2. The van der Waals surface area contributed by atoms with Crippen LogP contribution in [0.4, 0.5) is 11.5 Å². The zero-order valence-electron chi connectivity index (χ0n) is 13.0. The maximum Gasteiger partial charge on any atom is 0.260 e. The van der Waals surface area contributed by atoms with Gasteiger partial charge in [0, 0.05) is 11.9 Å². The molecule has 3 N–H and O–H groups in total. The first kappa shape index (κ1) is 14.2. The van der Waals surface area contributed by atoms with Crippen LogP contribution in [-0.4, -0.2) is 20.3 Å². The van der Waals surface area contributed by atoms with Gasteiger partial charge in [-0.05, 0) is 31.2 Å². The minimum Gasteiger partial charge on any atom is -0.384 e. The first-order valence-corrected chi connectivity index (χ1v) is 7.53. The lowest BCUT2D eigenvalue weighted by Crippen LogP contribution is -2.16. The molecule has 6 heteroatoms. The van der Waals surface area contributed by atoms with Crippen molar-refractivity contribution < 1.29 is 4.79 Å². The molecule has 1 amide bonds. The predicted molar refractivity (Wildman–Crippen MR) is 94.0 cm³/mol. The van der Waals surface area contributed by atoms with Gasteiger partial charge in [-0.15, -0.1) is 0 Å². The lowest BCUT2D eigenvalue weighted by Gasteiger charge is -2.09. The summed E-state index contributed by atoms with van der Waals surface area (Å²) in [5, 5.41) is 2.84. The van der Waals surface area contributed by atoms with Crippen LogP contribution >= 0.6 is 0 Å². The highest BCUT2D eigenvalue weighted by Crippen LogP contribution is 2.21. The van der Waals surface area contributed by atoms with Crippen molar-refractivity contribution in [1.82, 2.24) is 14.4 Å². The van der Waals surface area contributed by atoms with Gasteiger partial charge in [-0.3, -0.25) is 9.20 Å². The molecule has 118 valence electrons. The largest absolute Gasteiger partial charge is 0.384 e. The van der Waals surface area contributed by atoms with Crippen LogP contribution in [0, 0.1) is 6.92 Å². The monoisotopic (exact) mass is 317 g/mol. The number of rotatable bonds is 2. The summed E-state index contributed by atoms with van der Waals surface area (Å²) >= 11 is 0. The molecular formula is C18H15N5O. The first-order valence-electron chi connectivity index (χ1n) is 7.53. The number of carbonyl (C=O) groups is 1. The number of fused-ring (bicyclic) bond motifs is 3. The fourth-order valence-corrected chi connectivity index (χ4v) is 2.66. The van der Waals surface area contributed by atoms with Crippen LogP contribution in [0.25, 0.3) is 16.8 Å². The standard InChI is InChI=1S/C18H15N5O/c1-11-6-8-12(9-7-11)21-17(24)13-10-20-18-22-14-4-2-3-5-15(14)23(18)16(13)19/h2-10H,19H2,1H3,(H,21,24). The number of aromatic nitrogens is 3. The Kier molecular flexibility index (Phi) is 3.16. The van der Waals surface area contributed by atoms with Gasteiger partial charge < -0.3 is 11.1 Å². The molecule has 24 heavy (non-hydrogen) atoms. The van der Waals surface area contributed by atoms with Crippen LogP contribution in [0.2, 0.25) is 0 Å². The highest BCUT2D eigenvalue weighted by Gasteiger charge is 2.16. The fourth-order valence-electron chi connectivity index (χ4n) is 2.66. The van der Waals surface area contributed by atoms with Gasteiger partial charge in [0.25, 0.3) is 5.91 Å². The van der Waals surface area contributed by atoms with E-state index in [4.69, 9.17) is 5.73 Å². The Morgan fingerprint density at radius 3 is 2.67 bits per heavy atom. The first-order chi connectivity index (χ1) is 11.6. The van der Waals surface area contributed by atoms with E-state index in [9.17, 15) is 4.79 Å². The number of hydrogen-bond donors (Lipinski definition) is 2. The average Bonchev–Trinajstić information content (AvgIpc) is 2.96. The molecule has 0 aliphatic heterocycles. The minimum atomic E-state index is -0.302. The number of benzene rings is 2. The van der Waals surface area contributed by atoms with E-state index in [0.717, 1.165) is 16.6 Å². The van der Waals surface area contributed by atoms with E-state index >= 15 is 0 Å².